The molecule has 1 aromatic rings. The summed E-state index contributed by atoms with van der Waals surface area (Å²) in [5, 5.41) is 0. The fraction of sp³-hybridized carbons (Fsp3) is 0.417. The third-order valence-corrected chi connectivity index (χ3v) is 2.52. The van der Waals surface area contributed by atoms with Gasteiger partial charge in [0, 0.05) is 11.4 Å². The van der Waals surface area contributed by atoms with Gasteiger partial charge in [-0.15, -0.1) is 11.6 Å². The molecule has 0 bridgehead atoms. The van der Waals surface area contributed by atoms with E-state index < -0.39 is 11.8 Å². The van der Waals surface area contributed by atoms with Crippen LogP contribution in [0.25, 0.3) is 0 Å². The Hall–Kier alpha value is -1.29. The number of alkyl halides is 1. The molecule has 3 nitrogen and oxygen atoms in total. The summed E-state index contributed by atoms with van der Waals surface area (Å²) in [5.74, 6) is -0.488. The summed E-state index contributed by atoms with van der Waals surface area (Å²) < 4.78 is 23.5. The van der Waals surface area contributed by atoms with Gasteiger partial charge in [-0.05, 0) is 24.6 Å². The molecule has 0 N–H and O–H groups in total. The summed E-state index contributed by atoms with van der Waals surface area (Å²) in [7, 11) is 1.42. The van der Waals surface area contributed by atoms with Crippen molar-refractivity contribution in [3.8, 4) is 5.75 Å². The molecule has 0 amide bonds. The number of hydrogen-bond acceptors (Lipinski definition) is 3. The lowest BCUT2D eigenvalue weighted by molar-refractivity contribution is -0.142. The van der Waals surface area contributed by atoms with Crippen LogP contribution >= 0.6 is 11.6 Å². The van der Waals surface area contributed by atoms with E-state index in [1.807, 2.05) is 0 Å². The summed E-state index contributed by atoms with van der Waals surface area (Å²) in [6, 6.07) is 2.91. The van der Waals surface area contributed by atoms with Crippen molar-refractivity contribution in [2.24, 2.45) is 0 Å². The fourth-order valence-corrected chi connectivity index (χ4v) is 1.61. The van der Waals surface area contributed by atoms with Gasteiger partial charge in [-0.3, -0.25) is 4.79 Å². The number of ether oxygens (including phenoxy) is 2. The molecule has 0 aliphatic rings. The van der Waals surface area contributed by atoms with E-state index in [1.165, 1.54) is 13.2 Å². The third-order valence-electron chi connectivity index (χ3n) is 2.21. The largest absolute Gasteiger partial charge is 0.496 e. The summed E-state index contributed by atoms with van der Waals surface area (Å²) in [5.41, 5.74) is 0.799. The lowest BCUT2D eigenvalue weighted by Crippen LogP contribution is -2.10. The molecule has 1 aromatic carbocycles. The number of carbonyl (C=O) groups is 1. The number of esters is 1. The van der Waals surface area contributed by atoms with Gasteiger partial charge in [0.15, 0.2) is 0 Å². The minimum absolute atomic E-state index is 0.147. The second-order valence-corrected chi connectivity index (χ2v) is 3.64. The highest BCUT2D eigenvalue weighted by Crippen LogP contribution is 2.25. The average molecular weight is 261 g/mol. The SMILES string of the molecule is CCOC(=O)Cc1c(F)cc(CCl)cc1OC. The predicted molar refractivity (Wildman–Crippen MR) is 62.8 cm³/mol. The summed E-state index contributed by atoms with van der Waals surface area (Å²) in [6.07, 6.45) is -0.147. The van der Waals surface area contributed by atoms with Gasteiger partial charge in [0.25, 0.3) is 0 Å². The molecule has 0 unspecified atom stereocenters. The molecular formula is C12H14ClFO3. The Morgan fingerprint density at radius 1 is 1.47 bits per heavy atom. The molecule has 0 radical (unpaired) electrons. The van der Waals surface area contributed by atoms with Gasteiger partial charge >= 0.3 is 5.97 Å². The first-order valence-corrected chi connectivity index (χ1v) is 5.72. The molecule has 0 heterocycles. The number of benzene rings is 1. The molecule has 94 valence electrons. The van der Waals surface area contributed by atoms with Gasteiger partial charge in [0.2, 0.25) is 0 Å². The van der Waals surface area contributed by atoms with Crippen LogP contribution in [-0.4, -0.2) is 19.7 Å². The zero-order chi connectivity index (χ0) is 12.8. The van der Waals surface area contributed by atoms with Crippen molar-refractivity contribution in [1.29, 1.82) is 0 Å². The van der Waals surface area contributed by atoms with Crippen molar-refractivity contribution in [1.82, 2.24) is 0 Å². The normalized spacial score (nSPS) is 10.1. The monoisotopic (exact) mass is 260 g/mol. The van der Waals surface area contributed by atoms with Gasteiger partial charge in [0.05, 0.1) is 20.1 Å². The molecule has 0 aromatic heterocycles. The Kier molecular flexibility index (Phi) is 5.22. The second kappa shape index (κ2) is 6.45. The van der Waals surface area contributed by atoms with Gasteiger partial charge in [0.1, 0.15) is 11.6 Å². The maximum atomic E-state index is 13.7. The first-order chi connectivity index (χ1) is 8.12. The van der Waals surface area contributed by atoms with Crippen molar-refractivity contribution in [2.75, 3.05) is 13.7 Å². The van der Waals surface area contributed by atoms with Crippen LogP contribution in [-0.2, 0) is 21.8 Å². The number of rotatable bonds is 5. The molecule has 0 saturated carbocycles. The summed E-state index contributed by atoms with van der Waals surface area (Å²) in [6.45, 7) is 1.96. The Morgan fingerprint density at radius 2 is 2.18 bits per heavy atom. The summed E-state index contributed by atoms with van der Waals surface area (Å²) >= 11 is 5.62. The number of carbonyl (C=O) groups excluding carboxylic acids is 1. The summed E-state index contributed by atoms with van der Waals surface area (Å²) in [4.78, 5) is 11.3. The lowest BCUT2D eigenvalue weighted by Gasteiger charge is -2.10. The Labute approximate surface area is 104 Å². The van der Waals surface area contributed by atoms with Crippen LogP contribution in [0.15, 0.2) is 12.1 Å². The quantitative estimate of drug-likeness (QED) is 0.603. The molecule has 0 aliphatic carbocycles. The van der Waals surface area contributed by atoms with E-state index >= 15 is 0 Å². The molecule has 0 spiro atoms. The van der Waals surface area contributed by atoms with Crippen LogP contribution in [0.5, 0.6) is 5.75 Å². The molecular weight excluding hydrogens is 247 g/mol. The highest BCUT2D eigenvalue weighted by molar-refractivity contribution is 6.17. The lowest BCUT2D eigenvalue weighted by atomic mass is 10.1. The van der Waals surface area contributed by atoms with Crippen molar-refractivity contribution < 1.29 is 18.7 Å². The van der Waals surface area contributed by atoms with Gasteiger partial charge in [-0.25, -0.2) is 4.39 Å². The number of methoxy groups -OCH3 is 1. The van der Waals surface area contributed by atoms with Crippen molar-refractivity contribution >= 4 is 17.6 Å². The Bertz CT molecular complexity index is 407. The predicted octanol–water partition coefficient (Wildman–Crippen LogP) is 2.68. The van der Waals surface area contributed by atoms with Crippen LogP contribution in [0, 0.1) is 5.82 Å². The Balaban J connectivity index is 3.01. The smallest absolute Gasteiger partial charge is 0.310 e. The van der Waals surface area contributed by atoms with E-state index in [0.29, 0.717) is 11.3 Å². The molecule has 17 heavy (non-hydrogen) atoms. The minimum atomic E-state index is -0.506. The highest BCUT2D eigenvalue weighted by Gasteiger charge is 2.15. The highest BCUT2D eigenvalue weighted by atomic mass is 35.5. The van der Waals surface area contributed by atoms with E-state index in [1.54, 1.807) is 13.0 Å². The Morgan fingerprint density at radius 3 is 2.71 bits per heavy atom. The van der Waals surface area contributed by atoms with Gasteiger partial charge in [-0.2, -0.15) is 0 Å². The maximum Gasteiger partial charge on any atom is 0.310 e. The van der Waals surface area contributed by atoms with E-state index in [4.69, 9.17) is 21.1 Å². The number of hydrogen-bond donors (Lipinski definition) is 0. The van der Waals surface area contributed by atoms with Crippen molar-refractivity contribution in [2.45, 2.75) is 19.2 Å². The van der Waals surface area contributed by atoms with Crippen molar-refractivity contribution in [3.63, 3.8) is 0 Å². The third kappa shape index (κ3) is 3.60. The van der Waals surface area contributed by atoms with E-state index in [-0.39, 0.29) is 24.5 Å². The van der Waals surface area contributed by atoms with Crippen LogP contribution in [0.3, 0.4) is 0 Å². The van der Waals surface area contributed by atoms with Gasteiger partial charge in [-0.1, -0.05) is 0 Å². The van der Waals surface area contributed by atoms with E-state index in [0.717, 1.165) is 0 Å². The standard InChI is InChI=1S/C12H14ClFO3/c1-3-17-12(15)6-9-10(14)4-8(7-13)5-11(9)16-2/h4-5H,3,6-7H2,1-2H3. The van der Waals surface area contributed by atoms with E-state index in [2.05, 4.69) is 0 Å². The molecule has 0 atom stereocenters. The van der Waals surface area contributed by atoms with Crippen LogP contribution in [0.4, 0.5) is 4.39 Å². The fourth-order valence-electron chi connectivity index (χ4n) is 1.45. The molecule has 0 fully saturated rings. The molecule has 0 aliphatic heterocycles. The second-order valence-electron chi connectivity index (χ2n) is 3.37. The molecule has 0 saturated heterocycles. The maximum absolute atomic E-state index is 13.7. The van der Waals surface area contributed by atoms with Crippen LogP contribution < -0.4 is 4.74 Å². The average Bonchev–Trinajstić information content (AvgIpc) is 2.31. The van der Waals surface area contributed by atoms with E-state index in [9.17, 15) is 9.18 Å². The molecule has 5 heteroatoms. The first-order valence-electron chi connectivity index (χ1n) is 5.19. The zero-order valence-corrected chi connectivity index (χ0v) is 10.5. The zero-order valence-electron chi connectivity index (χ0n) is 9.76. The first kappa shape index (κ1) is 13.8. The van der Waals surface area contributed by atoms with Crippen LogP contribution in [0.2, 0.25) is 0 Å². The van der Waals surface area contributed by atoms with Crippen LogP contribution in [0.1, 0.15) is 18.1 Å². The minimum Gasteiger partial charge on any atom is -0.496 e. The van der Waals surface area contributed by atoms with Gasteiger partial charge < -0.3 is 9.47 Å². The number of halogens is 2. The van der Waals surface area contributed by atoms with Crippen molar-refractivity contribution in [3.05, 3.63) is 29.1 Å². The topological polar surface area (TPSA) is 35.5 Å². The molecule has 1 rings (SSSR count).